The Kier molecular flexibility index (Phi) is 4.52. The highest BCUT2D eigenvalue weighted by atomic mass is 35.5. The van der Waals surface area contributed by atoms with Gasteiger partial charge in [-0.3, -0.25) is 4.79 Å². The molecule has 0 N–H and O–H groups in total. The zero-order chi connectivity index (χ0) is 18.3. The van der Waals surface area contributed by atoms with Crippen molar-refractivity contribution in [1.82, 2.24) is 4.98 Å². The fraction of sp³-hybridized carbons (Fsp3) is 0.316. The number of pyridine rings is 1. The lowest BCUT2D eigenvalue weighted by Gasteiger charge is -2.10. The van der Waals surface area contributed by atoms with Gasteiger partial charge in [0, 0.05) is 5.02 Å². The van der Waals surface area contributed by atoms with Crippen LogP contribution in [0.3, 0.4) is 0 Å². The Balaban J connectivity index is 2.21. The van der Waals surface area contributed by atoms with Gasteiger partial charge in [-0.25, -0.2) is 9.78 Å². The number of aromatic nitrogens is 1. The van der Waals surface area contributed by atoms with Gasteiger partial charge < -0.3 is 9.15 Å². The largest absolute Gasteiger partial charge is 0.462 e. The molecule has 5 nitrogen and oxygen atoms in total. The minimum absolute atomic E-state index is 0.192. The van der Waals surface area contributed by atoms with Gasteiger partial charge in [-0.1, -0.05) is 25.4 Å². The zero-order valence-corrected chi connectivity index (χ0v) is 15.2. The smallest absolute Gasteiger partial charge is 0.340 e. The van der Waals surface area contributed by atoms with E-state index in [1.54, 1.807) is 19.1 Å². The van der Waals surface area contributed by atoms with Gasteiger partial charge in [-0.05, 0) is 43.5 Å². The lowest BCUT2D eigenvalue weighted by Crippen LogP contribution is -2.13. The van der Waals surface area contributed by atoms with E-state index in [-0.39, 0.29) is 28.0 Å². The molecule has 0 aliphatic heterocycles. The number of carbonyl (C=O) groups is 1. The average molecular weight is 360 g/mol. The molecule has 0 fully saturated rings. The van der Waals surface area contributed by atoms with Crippen molar-refractivity contribution in [2.75, 3.05) is 6.61 Å². The fourth-order valence-corrected chi connectivity index (χ4v) is 2.68. The van der Waals surface area contributed by atoms with E-state index in [0.717, 1.165) is 5.56 Å². The maximum absolute atomic E-state index is 12.8. The summed E-state index contributed by atoms with van der Waals surface area (Å²) in [5.41, 5.74) is 1.86. The van der Waals surface area contributed by atoms with Crippen molar-refractivity contribution in [3.8, 4) is 0 Å². The summed E-state index contributed by atoms with van der Waals surface area (Å²) in [7, 11) is 0. The van der Waals surface area contributed by atoms with Crippen LogP contribution in [0.5, 0.6) is 0 Å². The summed E-state index contributed by atoms with van der Waals surface area (Å²) in [6.07, 6.45) is 0. The van der Waals surface area contributed by atoms with Gasteiger partial charge in [0.15, 0.2) is 0 Å². The summed E-state index contributed by atoms with van der Waals surface area (Å²) in [5.74, 6) is -0.279. The molecular formula is C19H18ClNO4. The average Bonchev–Trinajstić information content (AvgIpc) is 2.54. The number of ether oxygens (including phenoxy) is 1. The Morgan fingerprint density at radius 2 is 1.96 bits per heavy atom. The number of hydrogen-bond donors (Lipinski definition) is 0. The third-order valence-electron chi connectivity index (χ3n) is 3.90. The maximum Gasteiger partial charge on any atom is 0.340 e. The number of fused-ring (bicyclic) bond motifs is 2. The van der Waals surface area contributed by atoms with Crippen LogP contribution >= 0.6 is 11.6 Å². The Morgan fingerprint density at radius 1 is 1.24 bits per heavy atom. The first-order valence-corrected chi connectivity index (χ1v) is 8.37. The molecule has 3 rings (SSSR count). The number of nitrogens with zero attached hydrogens (tertiary/aromatic N) is 1. The van der Waals surface area contributed by atoms with E-state index in [4.69, 9.17) is 20.8 Å². The number of hydrogen-bond acceptors (Lipinski definition) is 5. The minimum atomic E-state index is -0.498. The first-order chi connectivity index (χ1) is 11.8. The molecule has 0 bridgehead atoms. The van der Waals surface area contributed by atoms with E-state index in [1.165, 1.54) is 6.07 Å². The topological polar surface area (TPSA) is 69.4 Å². The van der Waals surface area contributed by atoms with Gasteiger partial charge in [-0.2, -0.15) is 0 Å². The van der Waals surface area contributed by atoms with Crippen LogP contribution in [0.15, 0.2) is 27.4 Å². The quantitative estimate of drug-likeness (QED) is 0.511. The molecule has 0 saturated heterocycles. The number of carbonyl (C=O) groups excluding carboxylic acids is 1. The van der Waals surface area contributed by atoms with Crippen molar-refractivity contribution in [3.63, 3.8) is 0 Å². The van der Waals surface area contributed by atoms with Crippen LogP contribution in [-0.2, 0) is 4.74 Å². The number of benzene rings is 1. The summed E-state index contributed by atoms with van der Waals surface area (Å²) < 4.78 is 11.0. The number of halogens is 1. The summed E-state index contributed by atoms with van der Waals surface area (Å²) in [5, 5.41) is 1.07. The molecule has 1 aromatic carbocycles. The Bertz CT molecular complexity index is 1050. The minimum Gasteiger partial charge on any atom is -0.462 e. The normalized spacial score (nSPS) is 11.4. The molecule has 6 heteroatoms. The molecule has 0 aliphatic carbocycles. The third kappa shape index (κ3) is 3.24. The maximum atomic E-state index is 12.8. The molecular weight excluding hydrogens is 342 g/mol. The van der Waals surface area contributed by atoms with Crippen molar-refractivity contribution in [2.45, 2.75) is 27.7 Å². The van der Waals surface area contributed by atoms with Gasteiger partial charge in [0.05, 0.1) is 28.6 Å². The molecule has 0 radical (unpaired) electrons. The van der Waals surface area contributed by atoms with Crippen molar-refractivity contribution in [3.05, 3.63) is 50.3 Å². The Hall–Kier alpha value is -2.40. The van der Waals surface area contributed by atoms with E-state index in [0.29, 0.717) is 28.3 Å². The summed E-state index contributed by atoms with van der Waals surface area (Å²) in [6.45, 7) is 7.72. The van der Waals surface area contributed by atoms with Crippen LogP contribution in [0.2, 0.25) is 5.02 Å². The predicted molar refractivity (Wildman–Crippen MR) is 97.4 cm³/mol. The second kappa shape index (κ2) is 6.48. The number of rotatable bonds is 3. The summed E-state index contributed by atoms with van der Waals surface area (Å²) >= 11 is 6.12. The lowest BCUT2D eigenvalue weighted by molar-refractivity contribution is 0.0458. The SMILES string of the molecule is Cc1cc2oc3nc(C)c(C(=O)OCC(C)C)cc3c(=O)c2cc1Cl. The van der Waals surface area contributed by atoms with Crippen LogP contribution in [-0.4, -0.2) is 17.6 Å². The van der Waals surface area contributed by atoms with Gasteiger partial charge in [0.25, 0.3) is 0 Å². The highest BCUT2D eigenvalue weighted by Crippen LogP contribution is 2.25. The van der Waals surface area contributed by atoms with Crippen molar-refractivity contribution >= 4 is 39.6 Å². The lowest BCUT2D eigenvalue weighted by atomic mass is 10.1. The third-order valence-corrected chi connectivity index (χ3v) is 4.31. The van der Waals surface area contributed by atoms with Crippen LogP contribution in [0.1, 0.15) is 35.5 Å². The number of aryl methyl sites for hydroxylation is 2. The molecule has 0 spiro atoms. The second-order valence-corrected chi connectivity index (χ2v) is 6.90. The van der Waals surface area contributed by atoms with Crippen LogP contribution < -0.4 is 5.43 Å². The van der Waals surface area contributed by atoms with Crippen LogP contribution in [0.4, 0.5) is 0 Å². The first-order valence-electron chi connectivity index (χ1n) is 7.99. The Labute approximate surface area is 149 Å². The molecule has 0 aliphatic rings. The Morgan fingerprint density at radius 3 is 2.64 bits per heavy atom. The van der Waals surface area contributed by atoms with E-state index in [9.17, 15) is 9.59 Å². The monoisotopic (exact) mass is 359 g/mol. The van der Waals surface area contributed by atoms with Crippen molar-refractivity contribution in [2.24, 2.45) is 5.92 Å². The summed E-state index contributed by atoms with van der Waals surface area (Å²) in [4.78, 5) is 29.4. The van der Waals surface area contributed by atoms with Crippen LogP contribution in [0.25, 0.3) is 22.1 Å². The molecule has 0 atom stereocenters. The molecule has 2 heterocycles. The highest BCUT2D eigenvalue weighted by molar-refractivity contribution is 6.32. The van der Waals surface area contributed by atoms with E-state index in [2.05, 4.69) is 4.98 Å². The first kappa shape index (κ1) is 17.4. The van der Waals surface area contributed by atoms with Gasteiger partial charge in [-0.15, -0.1) is 0 Å². The zero-order valence-electron chi connectivity index (χ0n) is 14.5. The number of esters is 1. The van der Waals surface area contributed by atoms with Crippen LogP contribution in [0, 0.1) is 19.8 Å². The fourth-order valence-electron chi connectivity index (χ4n) is 2.52. The highest BCUT2D eigenvalue weighted by Gasteiger charge is 2.18. The van der Waals surface area contributed by atoms with E-state index in [1.807, 2.05) is 20.8 Å². The standard InChI is InChI=1S/C19H18ClNO4/c1-9(2)8-24-19(23)12-6-14-17(22)13-7-15(20)10(3)5-16(13)25-18(14)21-11(12)4/h5-7,9H,8H2,1-4H3. The summed E-state index contributed by atoms with van der Waals surface area (Å²) in [6, 6.07) is 4.77. The molecule has 0 amide bonds. The predicted octanol–water partition coefficient (Wildman–Crippen LogP) is 4.42. The van der Waals surface area contributed by atoms with Crippen molar-refractivity contribution < 1.29 is 13.9 Å². The van der Waals surface area contributed by atoms with E-state index >= 15 is 0 Å². The molecule has 25 heavy (non-hydrogen) atoms. The van der Waals surface area contributed by atoms with E-state index < -0.39 is 5.97 Å². The molecule has 0 saturated carbocycles. The molecule has 130 valence electrons. The second-order valence-electron chi connectivity index (χ2n) is 6.50. The molecule has 2 aromatic heterocycles. The van der Waals surface area contributed by atoms with Gasteiger partial charge in [0.2, 0.25) is 11.1 Å². The molecule has 3 aromatic rings. The van der Waals surface area contributed by atoms with Gasteiger partial charge in [0.1, 0.15) is 5.58 Å². The van der Waals surface area contributed by atoms with Crippen molar-refractivity contribution in [1.29, 1.82) is 0 Å². The van der Waals surface area contributed by atoms with Gasteiger partial charge >= 0.3 is 5.97 Å². The molecule has 0 unspecified atom stereocenters.